The van der Waals surface area contributed by atoms with E-state index in [1.165, 1.54) is 17.0 Å². The predicted octanol–water partition coefficient (Wildman–Crippen LogP) is 3.41. The van der Waals surface area contributed by atoms with Gasteiger partial charge in [-0.1, -0.05) is 36.4 Å². The van der Waals surface area contributed by atoms with E-state index >= 15 is 0 Å². The molecule has 0 bridgehead atoms. The van der Waals surface area contributed by atoms with Crippen molar-refractivity contribution < 1.29 is 23.8 Å². The number of nitrogens with one attached hydrogen (secondary N) is 1. The number of halogens is 1. The Morgan fingerprint density at radius 3 is 2.68 bits per heavy atom. The highest BCUT2D eigenvalue weighted by Gasteiger charge is 2.35. The van der Waals surface area contributed by atoms with Gasteiger partial charge in [-0.2, -0.15) is 5.26 Å². The van der Waals surface area contributed by atoms with Gasteiger partial charge in [0.2, 0.25) is 5.91 Å². The molecule has 8 heteroatoms. The molecule has 0 aliphatic carbocycles. The number of rotatable bonds is 6. The summed E-state index contributed by atoms with van der Waals surface area (Å²) < 4.78 is 19.5. The van der Waals surface area contributed by atoms with E-state index in [0.29, 0.717) is 27.9 Å². The fourth-order valence-electron chi connectivity index (χ4n) is 3.82. The van der Waals surface area contributed by atoms with Gasteiger partial charge in [0.15, 0.2) is 0 Å². The van der Waals surface area contributed by atoms with E-state index in [1.54, 1.807) is 60.7 Å². The molecule has 0 radical (unpaired) electrons. The number of carbonyl (C=O) groups excluding carboxylic acids is 2. The van der Waals surface area contributed by atoms with Crippen molar-refractivity contribution in [3.05, 3.63) is 101 Å². The van der Waals surface area contributed by atoms with Crippen LogP contribution in [-0.4, -0.2) is 41.1 Å². The van der Waals surface area contributed by atoms with E-state index in [-0.39, 0.29) is 31.6 Å². The highest BCUT2D eigenvalue weighted by molar-refractivity contribution is 6.04. The third-order valence-electron chi connectivity index (χ3n) is 5.66. The summed E-state index contributed by atoms with van der Waals surface area (Å²) in [4.78, 5) is 26.4. The highest BCUT2D eigenvalue weighted by atomic mass is 19.1. The molecule has 3 aromatic rings. The average Bonchev–Trinajstić information content (AvgIpc) is 2.86. The largest absolute Gasteiger partial charge is 0.386 e. The van der Waals surface area contributed by atoms with Crippen LogP contribution < -0.4 is 5.32 Å². The van der Waals surface area contributed by atoms with Gasteiger partial charge in [-0.25, -0.2) is 4.39 Å². The van der Waals surface area contributed by atoms with Crippen molar-refractivity contribution in [2.45, 2.75) is 18.7 Å². The minimum Gasteiger partial charge on any atom is -0.386 e. The van der Waals surface area contributed by atoms with E-state index in [1.807, 2.05) is 6.07 Å². The lowest BCUT2D eigenvalue weighted by atomic mass is 9.99. The zero-order valence-electron chi connectivity index (χ0n) is 18.1. The Morgan fingerprint density at radius 2 is 1.94 bits per heavy atom. The van der Waals surface area contributed by atoms with Crippen LogP contribution in [0.4, 0.5) is 10.1 Å². The van der Waals surface area contributed by atoms with Crippen LogP contribution in [0.15, 0.2) is 72.8 Å². The smallest absolute Gasteiger partial charge is 0.255 e. The number of morpholine rings is 1. The molecule has 2 N–H and O–H groups in total. The Morgan fingerprint density at radius 1 is 1.18 bits per heavy atom. The Hall–Kier alpha value is -4.06. The Labute approximate surface area is 196 Å². The molecule has 3 aromatic carbocycles. The van der Waals surface area contributed by atoms with Crippen LogP contribution in [0.1, 0.15) is 33.2 Å². The number of anilines is 1. The van der Waals surface area contributed by atoms with Crippen molar-refractivity contribution in [1.82, 2.24) is 4.90 Å². The quantitative estimate of drug-likeness (QED) is 0.588. The Kier molecular flexibility index (Phi) is 6.97. The standard InChI is InChI=1S/C26H22FN3O4/c27-22-7-2-1-5-20(22)14-30-23(15-34-16-24(30)31)25(32)18-8-10-21(11-9-18)29-26(33)19-6-3-4-17(12-19)13-28/h1-12,23,25,32H,14-16H2,(H,29,33). The number of nitriles is 1. The molecule has 1 aliphatic rings. The molecule has 1 heterocycles. The first-order valence-corrected chi connectivity index (χ1v) is 10.7. The van der Waals surface area contributed by atoms with Crippen LogP contribution in [0.2, 0.25) is 0 Å². The molecule has 0 spiro atoms. The number of nitrogens with zero attached hydrogens (tertiary/aromatic N) is 2. The summed E-state index contributed by atoms with van der Waals surface area (Å²) in [5.74, 6) is -1.12. The fourth-order valence-corrected chi connectivity index (χ4v) is 3.82. The fraction of sp³-hybridized carbons (Fsp3) is 0.192. The number of aliphatic hydroxyl groups excluding tert-OH is 1. The first-order chi connectivity index (χ1) is 16.5. The van der Waals surface area contributed by atoms with Crippen molar-refractivity contribution in [1.29, 1.82) is 5.26 Å². The molecular formula is C26H22FN3O4. The molecule has 1 fully saturated rings. The van der Waals surface area contributed by atoms with Gasteiger partial charge in [0.25, 0.3) is 5.91 Å². The molecule has 2 atom stereocenters. The lowest BCUT2D eigenvalue weighted by Crippen LogP contribution is -2.51. The van der Waals surface area contributed by atoms with Crippen molar-refractivity contribution >= 4 is 17.5 Å². The second-order valence-corrected chi connectivity index (χ2v) is 7.91. The maximum atomic E-state index is 14.2. The highest BCUT2D eigenvalue weighted by Crippen LogP contribution is 2.27. The van der Waals surface area contributed by atoms with Gasteiger partial charge in [-0.15, -0.1) is 0 Å². The number of hydrogen-bond donors (Lipinski definition) is 2. The van der Waals surface area contributed by atoms with Crippen LogP contribution in [0.5, 0.6) is 0 Å². The van der Waals surface area contributed by atoms with E-state index in [0.717, 1.165) is 0 Å². The van der Waals surface area contributed by atoms with Gasteiger partial charge in [-0.3, -0.25) is 9.59 Å². The second-order valence-electron chi connectivity index (χ2n) is 7.91. The lowest BCUT2D eigenvalue weighted by Gasteiger charge is -2.38. The summed E-state index contributed by atoms with van der Waals surface area (Å²) in [7, 11) is 0. The molecule has 34 heavy (non-hydrogen) atoms. The number of hydrogen-bond acceptors (Lipinski definition) is 5. The summed E-state index contributed by atoms with van der Waals surface area (Å²) in [5, 5.41) is 22.8. The zero-order valence-corrected chi connectivity index (χ0v) is 18.1. The lowest BCUT2D eigenvalue weighted by molar-refractivity contribution is -0.155. The summed E-state index contributed by atoms with van der Waals surface area (Å²) in [5.41, 5.74) is 2.11. The minimum atomic E-state index is -1.08. The number of carbonyl (C=O) groups is 2. The number of amides is 2. The molecule has 1 saturated heterocycles. The topological polar surface area (TPSA) is 103 Å². The molecular weight excluding hydrogens is 437 g/mol. The summed E-state index contributed by atoms with van der Waals surface area (Å²) in [6, 6.07) is 20.4. The van der Waals surface area contributed by atoms with E-state index in [2.05, 4.69) is 5.32 Å². The first-order valence-electron chi connectivity index (χ1n) is 10.7. The number of ether oxygens (including phenoxy) is 1. The molecule has 1 aliphatic heterocycles. The number of benzene rings is 3. The molecule has 0 saturated carbocycles. The third kappa shape index (κ3) is 5.12. The summed E-state index contributed by atoms with van der Waals surface area (Å²) in [6.45, 7) is -0.00276. The normalized spacial score (nSPS) is 16.6. The molecule has 4 rings (SSSR count). The monoisotopic (exact) mass is 459 g/mol. The first kappa shape index (κ1) is 23.1. The van der Waals surface area contributed by atoms with Crippen molar-refractivity contribution in [2.24, 2.45) is 0 Å². The SMILES string of the molecule is N#Cc1cccc(C(=O)Nc2ccc(C(O)C3COCC(=O)N3Cc3ccccc3F)cc2)c1. The molecule has 7 nitrogen and oxygen atoms in total. The minimum absolute atomic E-state index is 0.0203. The molecule has 0 aromatic heterocycles. The summed E-state index contributed by atoms with van der Waals surface area (Å²) in [6.07, 6.45) is -1.08. The van der Waals surface area contributed by atoms with Crippen LogP contribution in [0.25, 0.3) is 0 Å². The van der Waals surface area contributed by atoms with Crippen molar-refractivity contribution in [3.8, 4) is 6.07 Å². The van der Waals surface area contributed by atoms with E-state index < -0.39 is 18.0 Å². The van der Waals surface area contributed by atoms with Crippen LogP contribution in [-0.2, 0) is 16.1 Å². The van der Waals surface area contributed by atoms with E-state index in [4.69, 9.17) is 10.00 Å². The number of aliphatic hydroxyl groups is 1. The summed E-state index contributed by atoms with van der Waals surface area (Å²) >= 11 is 0. The van der Waals surface area contributed by atoms with Crippen LogP contribution >= 0.6 is 0 Å². The average molecular weight is 459 g/mol. The van der Waals surface area contributed by atoms with Gasteiger partial charge in [0.1, 0.15) is 18.5 Å². The van der Waals surface area contributed by atoms with Gasteiger partial charge in [0.05, 0.1) is 24.3 Å². The van der Waals surface area contributed by atoms with Gasteiger partial charge >= 0.3 is 0 Å². The van der Waals surface area contributed by atoms with Crippen molar-refractivity contribution in [2.75, 3.05) is 18.5 Å². The Balaban J connectivity index is 1.47. The molecule has 172 valence electrons. The van der Waals surface area contributed by atoms with Crippen LogP contribution in [0, 0.1) is 17.1 Å². The Bertz CT molecular complexity index is 1240. The second kappa shape index (κ2) is 10.3. The molecule has 2 amide bonds. The van der Waals surface area contributed by atoms with Crippen LogP contribution in [0.3, 0.4) is 0 Å². The predicted molar refractivity (Wildman–Crippen MR) is 122 cm³/mol. The van der Waals surface area contributed by atoms with Gasteiger partial charge < -0.3 is 20.1 Å². The molecule has 2 unspecified atom stereocenters. The van der Waals surface area contributed by atoms with Gasteiger partial charge in [0, 0.05) is 23.4 Å². The maximum Gasteiger partial charge on any atom is 0.255 e. The van der Waals surface area contributed by atoms with Crippen molar-refractivity contribution in [3.63, 3.8) is 0 Å². The zero-order chi connectivity index (χ0) is 24.1. The van der Waals surface area contributed by atoms with E-state index in [9.17, 15) is 19.1 Å². The third-order valence-corrected chi connectivity index (χ3v) is 5.66. The van der Waals surface area contributed by atoms with Gasteiger partial charge in [-0.05, 0) is 42.0 Å². The maximum absolute atomic E-state index is 14.2.